The van der Waals surface area contributed by atoms with E-state index in [1.165, 1.54) is 32.1 Å². The van der Waals surface area contributed by atoms with Crippen molar-refractivity contribution in [2.45, 2.75) is 58.5 Å². The van der Waals surface area contributed by atoms with Crippen molar-refractivity contribution in [3.05, 3.63) is 10.0 Å². The van der Waals surface area contributed by atoms with E-state index in [0.717, 1.165) is 22.5 Å². The van der Waals surface area contributed by atoms with E-state index in [1.54, 1.807) is 11.3 Å². The van der Waals surface area contributed by atoms with E-state index in [1.807, 2.05) is 6.92 Å². The van der Waals surface area contributed by atoms with Crippen LogP contribution in [0.1, 0.15) is 49.0 Å². The lowest BCUT2D eigenvalue weighted by atomic mass is 9.83. The Morgan fingerprint density at radius 1 is 1.31 bits per heavy atom. The molecule has 1 aliphatic carbocycles. The fourth-order valence-electron chi connectivity index (χ4n) is 2.59. The van der Waals surface area contributed by atoms with Crippen molar-refractivity contribution in [2.24, 2.45) is 5.92 Å². The molecule has 0 aliphatic heterocycles. The van der Waals surface area contributed by atoms with Crippen LogP contribution in [0, 0.1) is 12.8 Å². The average Bonchev–Trinajstić information content (AvgIpc) is 2.73. The van der Waals surface area contributed by atoms with Gasteiger partial charge in [0.1, 0.15) is 10.0 Å². The number of aryl methyl sites for hydroxylation is 1. The maximum Gasteiger partial charge on any atom is 0.131 e. The largest absolute Gasteiger partial charge is 0.307 e. The van der Waals surface area contributed by atoms with Crippen molar-refractivity contribution in [3.8, 4) is 0 Å². The predicted molar refractivity (Wildman–Crippen MR) is 67.5 cm³/mol. The summed E-state index contributed by atoms with van der Waals surface area (Å²) in [7, 11) is 0. The third kappa shape index (κ3) is 3.01. The second-order valence-electron chi connectivity index (χ2n) is 4.65. The first kappa shape index (κ1) is 12.0. The molecule has 90 valence electrons. The van der Waals surface area contributed by atoms with Crippen LogP contribution in [0.2, 0.25) is 0 Å². The SMILES string of the molecule is CCC1CCCCC1NCc1nnc(C)s1. The van der Waals surface area contributed by atoms with Crippen molar-refractivity contribution in [1.29, 1.82) is 0 Å². The lowest BCUT2D eigenvalue weighted by Gasteiger charge is -2.31. The fourth-order valence-corrected chi connectivity index (χ4v) is 3.25. The Balaban J connectivity index is 1.84. The molecule has 1 heterocycles. The van der Waals surface area contributed by atoms with Crippen LogP contribution in [0.25, 0.3) is 0 Å². The average molecular weight is 239 g/mol. The van der Waals surface area contributed by atoms with Gasteiger partial charge in [-0.15, -0.1) is 21.5 Å². The second kappa shape index (κ2) is 5.73. The number of nitrogens with one attached hydrogen (secondary N) is 1. The molecule has 2 rings (SSSR count). The van der Waals surface area contributed by atoms with Gasteiger partial charge in [-0.3, -0.25) is 0 Å². The molecule has 16 heavy (non-hydrogen) atoms. The Morgan fingerprint density at radius 3 is 2.81 bits per heavy atom. The van der Waals surface area contributed by atoms with Crippen LogP contribution in [0.4, 0.5) is 0 Å². The summed E-state index contributed by atoms with van der Waals surface area (Å²) < 4.78 is 0. The van der Waals surface area contributed by atoms with Gasteiger partial charge in [0.2, 0.25) is 0 Å². The highest BCUT2D eigenvalue weighted by Crippen LogP contribution is 2.27. The Bertz CT molecular complexity index is 324. The van der Waals surface area contributed by atoms with E-state index in [9.17, 15) is 0 Å². The third-order valence-corrected chi connectivity index (χ3v) is 4.36. The van der Waals surface area contributed by atoms with Crippen LogP contribution in [-0.2, 0) is 6.54 Å². The lowest BCUT2D eigenvalue weighted by molar-refractivity contribution is 0.254. The molecule has 1 N–H and O–H groups in total. The molecule has 0 saturated heterocycles. The van der Waals surface area contributed by atoms with Gasteiger partial charge in [0.15, 0.2) is 0 Å². The van der Waals surface area contributed by atoms with E-state index < -0.39 is 0 Å². The van der Waals surface area contributed by atoms with Gasteiger partial charge in [-0.05, 0) is 25.7 Å². The molecule has 2 atom stereocenters. The molecule has 0 aromatic carbocycles. The van der Waals surface area contributed by atoms with Crippen LogP contribution < -0.4 is 5.32 Å². The highest BCUT2D eigenvalue weighted by atomic mass is 32.1. The molecule has 1 aliphatic rings. The molecular formula is C12H21N3S. The van der Waals surface area contributed by atoms with E-state index in [2.05, 4.69) is 22.4 Å². The fraction of sp³-hybridized carbons (Fsp3) is 0.833. The number of aromatic nitrogens is 2. The first-order valence-corrected chi connectivity index (χ1v) is 7.13. The first-order chi connectivity index (χ1) is 7.79. The zero-order valence-electron chi connectivity index (χ0n) is 10.2. The van der Waals surface area contributed by atoms with Gasteiger partial charge in [-0.1, -0.05) is 26.2 Å². The van der Waals surface area contributed by atoms with Crippen LogP contribution >= 0.6 is 11.3 Å². The van der Waals surface area contributed by atoms with Gasteiger partial charge in [0.05, 0.1) is 0 Å². The van der Waals surface area contributed by atoms with Gasteiger partial charge in [-0.25, -0.2) is 0 Å². The zero-order valence-corrected chi connectivity index (χ0v) is 11.0. The quantitative estimate of drug-likeness (QED) is 0.878. The summed E-state index contributed by atoms with van der Waals surface area (Å²) in [5.41, 5.74) is 0. The Labute approximate surface area is 102 Å². The zero-order chi connectivity index (χ0) is 11.4. The molecule has 0 bridgehead atoms. The molecule has 0 radical (unpaired) electrons. The molecule has 1 saturated carbocycles. The Kier molecular flexibility index (Phi) is 4.29. The van der Waals surface area contributed by atoms with E-state index in [-0.39, 0.29) is 0 Å². The second-order valence-corrected chi connectivity index (χ2v) is 5.92. The van der Waals surface area contributed by atoms with Gasteiger partial charge in [-0.2, -0.15) is 0 Å². The molecule has 4 heteroatoms. The van der Waals surface area contributed by atoms with Crippen LogP contribution in [-0.4, -0.2) is 16.2 Å². The molecular weight excluding hydrogens is 218 g/mol. The van der Waals surface area contributed by atoms with Crippen molar-refractivity contribution >= 4 is 11.3 Å². The number of rotatable bonds is 4. The lowest BCUT2D eigenvalue weighted by Crippen LogP contribution is -2.37. The van der Waals surface area contributed by atoms with Gasteiger partial charge in [0.25, 0.3) is 0 Å². The molecule has 2 unspecified atom stereocenters. The normalized spacial score (nSPS) is 25.9. The van der Waals surface area contributed by atoms with Crippen molar-refractivity contribution in [3.63, 3.8) is 0 Å². The standard InChI is InChI=1S/C12H21N3S/c1-3-10-6-4-5-7-11(10)13-8-12-15-14-9(2)16-12/h10-11,13H,3-8H2,1-2H3. The number of nitrogens with zero attached hydrogens (tertiary/aromatic N) is 2. The van der Waals surface area contributed by atoms with Crippen LogP contribution in [0.15, 0.2) is 0 Å². The minimum atomic E-state index is 0.697. The van der Waals surface area contributed by atoms with E-state index in [0.29, 0.717) is 6.04 Å². The van der Waals surface area contributed by atoms with Gasteiger partial charge >= 0.3 is 0 Å². The highest BCUT2D eigenvalue weighted by Gasteiger charge is 2.23. The summed E-state index contributed by atoms with van der Waals surface area (Å²) in [6.45, 7) is 5.21. The maximum absolute atomic E-state index is 4.16. The summed E-state index contributed by atoms with van der Waals surface area (Å²) in [6.07, 6.45) is 6.81. The van der Waals surface area contributed by atoms with Crippen molar-refractivity contribution in [2.75, 3.05) is 0 Å². The molecule has 1 aromatic heterocycles. The molecule has 1 aromatic rings. The summed E-state index contributed by atoms with van der Waals surface area (Å²) in [6, 6.07) is 0.697. The summed E-state index contributed by atoms with van der Waals surface area (Å²) in [5, 5.41) is 14.1. The van der Waals surface area contributed by atoms with Crippen LogP contribution in [0.5, 0.6) is 0 Å². The smallest absolute Gasteiger partial charge is 0.131 e. The van der Waals surface area contributed by atoms with Crippen molar-refractivity contribution < 1.29 is 0 Å². The minimum Gasteiger partial charge on any atom is -0.307 e. The number of hydrogen-bond acceptors (Lipinski definition) is 4. The van der Waals surface area contributed by atoms with E-state index >= 15 is 0 Å². The van der Waals surface area contributed by atoms with Gasteiger partial charge in [0, 0.05) is 12.6 Å². The highest BCUT2D eigenvalue weighted by molar-refractivity contribution is 7.11. The molecule has 3 nitrogen and oxygen atoms in total. The number of hydrogen-bond donors (Lipinski definition) is 1. The topological polar surface area (TPSA) is 37.8 Å². The maximum atomic E-state index is 4.16. The third-order valence-electron chi connectivity index (χ3n) is 3.52. The Hall–Kier alpha value is -0.480. The summed E-state index contributed by atoms with van der Waals surface area (Å²) in [5.74, 6) is 0.864. The summed E-state index contributed by atoms with van der Waals surface area (Å²) >= 11 is 1.70. The minimum absolute atomic E-state index is 0.697. The first-order valence-electron chi connectivity index (χ1n) is 6.32. The van der Waals surface area contributed by atoms with Crippen LogP contribution in [0.3, 0.4) is 0 Å². The van der Waals surface area contributed by atoms with Crippen molar-refractivity contribution in [1.82, 2.24) is 15.5 Å². The molecule has 1 fully saturated rings. The predicted octanol–water partition coefficient (Wildman–Crippen LogP) is 2.90. The Morgan fingerprint density at radius 2 is 2.12 bits per heavy atom. The van der Waals surface area contributed by atoms with Gasteiger partial charge < -0.3 is 5.32 Å². The summed E-state index contributed by atoms with van der Waals surface area (Å²) in [4.78, 5) is 0. The molecule has 0 amide bonds. The molecule has 0 spiro atoms. The monoisotopic (exact) mass is 239 g/mol. The van der Waals surface area contributed by atoms with E-state index in [4.69, 9.17) is 0 Å².